The molecule has 0 spiro atoms. The standard InChI is InChI=1S/C10H10N2O3/c1-7-2-3-9(15-6-7)12-5-4-8(13)11-10(12)14/h2-5,9H,1,6H2,(H,11,13,14)/t9-/m0/s1. The van der Waals surface area contributed by atoms with Crippen LogP contribution in [0.25, 0.3) is 0 Å². The Balaban J connectivity index is 2.39. The first-order chi connectivity index (χ1) is 7.16. The summed E-state index contributed by atoms with van der Waals surface area (Å²) in [6.07, 6.45) is 4.45. The van der Waals surface area contributed by atoms with E-state index in [2.05, 4.69) is 11.6 Å². The number of hydrogen-bond acceptors (Lipinski definition) is 3. The molecular formula is C10H10N2O3. The van der Waals surface area contributed by atoms with Gasteiger partial charge in [-0.15, -0.1) is 0 Å². The summed E-state index contributed by atoms with van der Waals surface area (Å²) in [7, 11) is 0. The van der Waals surface area contributed by atoms with Gasteiger partial charge in [-0.3, -0.25) is 14.3 Å². The van der Waals surface area contributed by atoms with Crippen LogP contribution in [0.4, 0.5) is 0 Å². The number of ether oxygens (including phenoxy) is 1. The van der Waals surface area contributed by atoms with E-state index < -0.39 is 17.5 Å². The van der Waals surface area contributed by atoms with Gasteiger partial charge in [-0.25, -0.2) is 4.79 Å². The largest absolute Gasteiger partial charge is 0.350 e. The molecule has 0 aliphatic carbocycles. The summed E-state index contributed by atoms with van der Waals surface area (Å²) in [5.41, 5.74) is -0.0474. The zero-order valence-electron chi connectivity index (χ0n) is 7.97. The van der Waals surface area contributed by atoms with Crippen LogP contribution in [0.3, 0.4) is 0 Å². The normalized spacial score (nSPS) is 20.5. The molecule has 1 aliphatic rings. The van der Waals surface area contributed by atoms with Crippen molar-refractivity contribution in [1.29, 1.82) is 0 Å². The lowest BCUT2D eigenvalue weighted by Gasteiger charge is -2.20. The third-order valence-corrected chi connectivity index (χ3v) is 2.06. The number of nitrogens with one attached hydrogen (secondary N) is 1. The molecule has 0 bridgehead atoms. The second-order valence-corrected chi connectivity index (χ2v) is 3.24. The number of nitrogens with zero attached hydrogens (tertiary/aromatic N) is 1. The number of rotatable bonds is 1. The topological polar surface area (TPSA) is 64.1 Å². The fraction of sp³-hybridized carbons (Fsp3) is 0.200. The fourth-order valence-corrected chi connectivity index (χ4v) is 1.32. The van der Waals surface area contributed by atoms with Gasteiger partial charge in [0.15, 0.2) is 6.23 Å². The van der Waals surface area contributed by atoms with Gasteiger partial charge in [0.1, 0.15) is 0 Å². The summed E-state index contributed by atoms with van der Waals surface area (Å²) >= 11 is 0. The van der Waals surface area contributed by atoms with Crippen LogP contribution >= 0.6 is 0 Å². The van der Waals surface area contributed by atoms with Gasteiger partial charge in [0.05, 0.1) is 6.61 Å². The molecule has 5 nitrogen and oxygen atoms in total. The minimum absolute atomic E-state index is 0.382. The van der Waals surface area contributed by atoms with Crippen molar-refractivity contribution in [3.63, 3.8) is 0 Å². The quantitative estimate of drug-likeness (QED) is 0.712. The summed E-state index contributed by atoms with van der Waals surface area (Å²) in [6, 6.07) is 1.28. The molecule has 1 atom stereocenters. The van der Waals surface area contributed by atoms with Crippen LogP contribution in [0, 0.1) is 0 Å². The first-order valence-corrected chi connectivity index (χ1v) is 4.46. The van der Waals surface area contributed by atoms with Crippen molar-refractivity contribution in [1.82, 2.24) is 9.55 Å². The predicted octanol–water partition coefficient (Wildman–Crippen LogP) is 0.178. The molecule has 0 saturated heterocycles. The Kier molecular flexibility index (Phi) is 2.39. The predicted molar refractivity (Wildman–Crippen MR) is 54.6 cm³/mol. The van der Waals surface area contributed by atoms with Gasteiger partial charge < -0.3 is 4.74 Å². The lowest BCUT2D eigenvalue weighted by atomic mass is 10.2. The molecule has 5 heteroatoms. The zero-order valence-corrected chi connectivity index (χ0v) is 7.97. The molecule has 1 N–H and O–H groups in total. The highest BCUT2D eigenvalue weighted by molar-refractivity contribution is 5.18. The maximum atomic E-state index is 11.4. The Bertz CT molecular complexity index is 524. The average molecular weight is 206 g/mol. The monoisotopic (exact) mass is 206 g/mol. The highest BCUT2D eigenvalue weighted by atomic mass is 16.5. The van der Waals surface area contributed by atoms with Crippen LogP contribution < -0.4 is 11.2 Å². The zero-order chi connectivity index (χ0) is 10.8. The van der Waals surface area contributed by atoms with E-state index in [1.807, 2.05) is 0 Å². The summed E-state index contributed by atoms with van der Waals surface area (Å²) < 4.78 is 6.66. The van der Waals surface area contributed by atoms with Gasteiger partial charge >= 0.3 is 5.69 Å². The third-order valence-electron chi connectivity index (χ3n) is 2.06. The number of hydrogen-bond donors (Lipinski definition) is 1. The summed E-state index contributed by atoms with van der Waals surface area (Å²) in [6.45, 7) is 4.10. The highest BCUT2D eigenvalue weighted by Gasteiger charge is 2.13. The summed E-state index contributed by atoms with van der Waals surface area (Å²) in [5.74, 6) is 0. The van der Waals surface area contributed by atoms with Crippen molar-refractivity contribution in [3.05, 3.63) is 57.4 Å². The molecule has 2 rings (SSSR count). The minimum atomic E-state index is -0.482. The fourth-order valence-electron chi connectivity index (χ4n) is 1.32. The average Bonchev–Trinajstić information content (AvgIpc) is 2.20. The Morgan fingerprint density at radius 3 is 2.93 bits per heavy atom. The van der Waals surface area contributed by atoms with Crippen molar-refractivity contribution in [2.45, 2.75) is 6.23 Å². The molecule has 2 heterocycles. The number of aromatic nitrogens is 2. The molecule has 1 aromatic rings. The molecular weight excluding hydrogens is 196 g/mol. The van der Waals surface area contributed by atoms with E-state index in [9.17, 15) is 9.59 Å². The molecule has 0 fully saturated rings. The van der Waals surface area contributed by atoms with Gasteiger partial charge in [0, 0.05) is 12.3 Å². The van der Waals surface area contributed by atoms with Crippen molar-refractivity contribution in [3.8, 4) is 0 Å². The molecule has 0 saturated carbocycles. The molecule has 78 valence electrons. The second-order valence-electron chi connectivity index (χ2n) is 3.24. The maximum absolute atomic E-state index is 11.4. The lowest BCUT2D eigenvalue weighted by Crippen LogP contribution is -2.32. The van der Waals surface area contributed by atoms with Crippen LogP contribution in [-0.2, 0) is 4.74 Å². The molecule has 15 heavy (non-hydrogen) atoms. The Morgan fingerprint density at radius 2 is 2.33 bits per heavy atom. The van der Waals surface area contributed by atoms with Gasteiger partial charge in [-0.1, -0.05) is 12.7 Å². The van der Waals surface area contributed by atoms with E-state index in [-0.39, 0.29) is 0 Å². The van der Waals surface area contributed by atoms with Crippen molar-refractivity contribution in [2.24, 2.45) is 0 Å². The van der Waals surface area contributed by atoms with Crippen LogP contribution in [0.1, 0.15) is 6.23 Å². The van der Waals surface area contributed by atoms with E-state index in [0.717, 1.165) is 5.57 Å². The van der Waals surface area contributed by atoms with Gasteiger partial charge in [0.25, 0.3) is 5.56 Å². The Labute approximate surface area is 85.3 Å². The molecule has 1 aromatic heterocycles. The van der Waals surface area contributed by atoms with Gasteiger partial charge in [-0.05, 0) is 11.6 Å². The Hall–Kier alpha value is -1.88. The molecule has 0 aromatic carbocycles. The smallest absolute Gasteiger partial charge is 0.330 e. The van der Waals surface area contributed by atoms with E-state index in [1.54, 1.807) is 12.2 Å². The highest BCUT2D eigenvalue weighted by Crippen LogP contribution is 2.15. The van der Waals surface area contributed by atoms with Gasteiger partial charge in [0.2, 0.25) is 0 Å². The molecule has 1 aliphatic heterocycles. The number of H-pyrrole nitrogens is 1. The minimum Gasteiger partial charge on any atom is -0.350 e. The molecule has 0 unspecified atom stereocenters. The van der Waals surface area contributed by atoms with Crippen molar-refractivity contribution in [2.75, 3.05) is 6.61 Å². The summed E-state index contributed by atoms with van der Waals surface area (Å²) in [5, 5.41) is 0. The van der Waals surface area contributed by atoms with Crippen molar-refractivity contribution >= 4 is 0 Å². The van der Waals surface area contributed by atoms with E-state index in [4.69, 9.17) is 4.74 Å². The van der Waals surface area contributed by atoms with Crippen LogP contribution in [0.2, 0.25) is 0 Å². The third kappa shape index (κ3) is 1.97. The maximum Gasteiger partial charge on any atom is 0.330 e. The lowest BCUT2D eigenvalue weighted by molar-refractivity contribution is 0.0451. The van der Waals surface area contributed by atoms with Crippen LogP contribution in [0.15, 0.2) is 46.2 Å². The van der Waals surface area contributed by atoms with E-state index >= 15 is 0 Å². The SMILES string of the molecule is C=C1C=C[C@@H](n2ccc(=O)[nH]c2=O)OC1. The molecule has 0 radical (unpaired) electrons. The van der Waals surface area contributed by atoms with Crippen LogP contribution in [0.5, 0.6) is 0 Å². The van der Waals surface area contributed by atoms with E-state index in [1.165, 1.54) is 16.8 Å². The van der Waals surface area contributed by atoms with E-state index in [0.29, 0.717) is 6.61 Å². The molecule has 0 amide bonds. The number of aromatic amines is 1. The van der Waals surface area contributed by atoms with Crippen LogP contribution in [-0.4, -0.2) is 16.2 Å². The first-order valence-electron chi connectivity index (χ1n) is 4.46. The first kappa shape index (κ1) is 9.67. The Morgan fingerprint density at radius 1 is 1.53 bits per heavy atom. The summed E-state index contributed by atoms with van der Waals surface area (Å²) in [4.78, 5) is 24.4. The van der Waals surface area contributed by atoms with Gasteiger partial charge in [-0.2, -0.15) is 0 Å². The van der Waals surface area contributed by atoms with Crippen molar-refractivity contribution < 1.29 is 4.74 Å². The second kappa shape index (κ2) is 3.70.